The van der Waals surface area contributed by atoms with E-state index < -0.39 is 5.82 Å². The van der Waals surface area contributed by atoms with Gasteiger partial charge in [0.15, 0.2) is 11.6 Å². The van der Waals surface area contributed by atoms with Crippen LogP contribution in [-0.4, -0.2) is 27.6 Å². The molecule has 1 amide bonds. The third-order valence-electron chi connectivity index (χ3n) is 4.10. The van der Waals surface area contributed by atoms with Gasteiger partial charge >= 0.3 is 0 Å². The van der Waals surface area contributed by atoms with Gasteiger partial charge in [0.2, 0.25) is 0 Å². The van der Waals surface area contributed by atoms with Gasteiger partial charge < -0.3 is 9.15 Å². The lowest BCUT2D eigenvalue weighted by Gasteiger charge is -2.11. The highest BCUT2D eigenvalue weighted by atomic mass is 32.2. The Bertz CT molecular complexity index is 1170. The van der Waals surface area contributed by atoms with Crippen LogP contribution in [0.15, 0.2) is 51.0 Å². The van der Waals surface area contributed by atoms with Crippen LogP contribution in [-0.2, 0) is 4.79 Å². The fourth-order valence-electron chi connectivity index (χ4n) is 2.88. The van der Waals surface area contributed by atoms with Crippen LogP contribution in [0.25, 0.3) is 28.2 Å². The molecule has 1 aromatic carbocycles. The van der Waals surface area contributed by atoms with E-state index in [1.54, 1.807) is 36.7 Å². The van der Waals surface area contributed by atoms with E-state index in [9.17, 15) is 9.18 Å². The number of carbonyl (C=O) groups is 1. The van der Waals surface area contributed by atoms with Crippen molar-refractivity contribution >= 4 is 50.9 Å². The second kappa shape index (κ2) is 8.04. The summed E-state index contributed by atoms with van der Waals surface area (Å²) in [6.07, 6.45) is 6.73. The molecule has 0 aliphatic carbocycles. The summed E-state index contributed by atoms with van der Waals surface area (Å²) in [5.74, 6) is -0.00392. The van der Waals surface area contributed by atoms with Crippen LogP contribution >= 0.6 is 23.5 Å². The molecule has 0 saturated heterocycles. The zero-order chi connectivity index (χ0) is 20.5. The summed E-state index contributed by atoms with van der Waals surface area (Å²) in [4.78, 5) is 20.7. The Hall–Kier alpha value is -2.58. The summed E-state index contributed by atoms with van der Waals surface area (Å²) in [5, 5.41) is 0.763. The number of aliphatic imine (C=N–C) groups is 1. The standard InChI is InChI=1S/C21H17FN2O3S2/c1-11(2)26-17-5-4-12(7-16(17)22)15-10-23-9-13-6-14(27-19(13)15)8-18-20(25)24-21(28-3)29-18/h4-11H,1-3H3/b18-8+. The minimum atomic E-state index is -0.447. The summed E-state index contributed by atoms with van der Waals surface area (Å²) in [6, 6.07) is 6.58. The Balaban J connectivity index is 1.71. The smallest absolute Gasteiger partial charge is 0.285 e. The first-order valence-corrected chi connectivity index (χ1v) is 10.9. The minimum Gasteiger partial charge on any atom is -0.488 e. The number of hydrogen-bond donors (Lipinski definition) is 0. The van der Waals surface area contributed by atoms with Gasteiger partial charge in [-0.05, 0) is 43.9 Å². The maximum absolute atomic E-state index is 14.4. The number of nitrogens with zero attached hydrogens (tertiary/aromatic N) is 2. The van der Waals surface area contributed by atoms with E-state index in [1.165, 1.54) is 29.6 Å². The molecule has 1 aliphatic rings. The van der Waals surface area contributed by atoms with Crippen molar-refractivity contribution in [2.75, 3.05) is 6.26 Å². The van der Waals surface area contributed by atoms with E-state index >= 15 is 0 Å². The van der Waals surface area contributed by atoms with Gasteiger partial charge in [0.05, 0.1) is 11.0 Å². The summed E-state index contributed by atoms with van der Waals surface area (Å²) in [6.45, 7) is 3.69. The molecule has 0 fully saturated rings. The molecule has 29 heavy (non-hydrogen) atoms. The Morgan fingerprint density at radius 2 is 2.10 bits per heavy atom. The van der Waals surface area contributed by atoms with Crippen molar-refractivity contribution in [2.24, 2.45) is 4.99 Å². The van der Waals surface area contributed by atoms with Crippen LogP contribution in [0.2, 0.25) is 0 Å². The number of fused-ring (bicyclic) bond motifs is 1. The Morgan fingerprint density at radius 1 is 1.28 bits per heavy atom. The van der Waals surface area contributed by atoms with Gasteiger partial charge in [-0.15, -0.1) is 11.8 Å². The quantitative estimate of drug-likeness (QED) is 0.493. The summed E-state index contributed by atoms with van der Waals surface area (Å²) in [7, 11) is 0. The number of carbonyl (C=O) groups excluding carboxylic acids is 1. The lowest BCUT2D eigenvalue weighted by atomic mass is 10.1. The summed E-state index contributed by atoms with van der Waals surface area (Å²) in [5.41, 5.74) is 1.86. The van der Waals surface area contributed by atoms with E-state index in [0.29, 0.717) is 31.8 Å². The molecule has 0 radical (unpaired) electrons. The summed E-state index contributed by atoms with van der Waals surface area (Å²) < 4.78 is 26.6. The monoisotopic (exact) mass is 428 g/mol. The van der Waals surface area contributed by atoms with Crippen molar-refractivity contribution < 1.29 is 18.3 Å². The van der Waals surface area contributed by atoms with Crippen molar-refractivity contribution in [3.63, 3.8) is 0 Å². The highest BCUT2D eigenvalue weighted by Gasteiger charge is 2.22. The average molecular weight is 429 g/mol. The molecule has 4 rings (SSSR count). The molecule has 3 heterocycles. The Labute approximate surface area is 175 Å². The molecule has 0 bridgehead atoms. The SMILES string of the molecule is CSC1=NC(=O)/C(=C\c2cc3cncc(-c4ccc(OC(C)C)c(F)c4)c3o2)S1. The third-order valence-corrected chi connectivity index (χ3v) is 6.06. The number of aromatic nitrogens is 1. The van der Waals surface area contributed by atoms with E-state index in [1.807, 2.05) is 20.1 Å². The van der Waals surface area contributed by atoms with E-state index in [2.05, 4.69) is 9.98 Å². The highest BCUT2D eigenvalue weighted by molar-refractivity contribution is 8.40. The first-order valence-electron chi connectivity index (χ1n) is 8.85. The van der Waals surface area contributed by atoms with Crippen LogP contribution in [0.3, 0.4) is 0 Å². The zero-order valence-corrected chi connectivity index (χ0v) is 17.6. The lowest BCUT2D eigenvalue weighted by molar-refractivity contribution is -0.113. The topological polar surface area (TPSA) is 64.7 Å². The predicted molar refractivity (Wildman–Crippen MR) is 117 cm³/mol. The normalized spacial score (nSPS) is 15.6. The molecule has 3 aromatic rings. The van der Waals surface area contributed by atoms with E-state index in [-0.39, 0.29) is 17.8 Å². The van der Waals surface area contributed by atoms with Gasteiger partial charge in [-0.3, -0.25) is 9.78 Å². The molecule has 0 unspecified atom stereocenters. The highest BCUT2D eigenvalue weighted by Crippen LogP contribution is 2.36. The van der Waals surface area contributed by atoms with Crippen LogP contribution in [0, 0.1) is 5.82 Å². The number of benzene rings is 1. The molecule has 5 nitrogen and oxygen atoms in total. The first-order chi connectivity index (χ1) is 13.9. The van der Waals surface area contributed by atoms with Gasteiger partial charge in [0.25, 0.3) is 5.91 Å². The van der Waals surface area contributed by atoms with Gasteiger partial charge in [-0.25, -0.2) is 4.39 Å². The fraction of sp³-hybridized carbons (Fsp3) is 0.190. The van der Waals surface area contributed by atoms with Crippen molar-refractivity contribution in [3.05, 3.63) is 53.1 Å². The van der Waals surface area contributed by atoms with Crippen molar-refractivity contribution in [3.8, 4) is 16.9 Å². The fourth-order valence-corrected chi connectivity index (χ4v) is 4.28. The number of furan rings is 1. The maximum atomic E-state index is 14.4. The lowest BCUT2D eigenvalue weighted by Crippen LogP contribution is -2.06. The van der Waals surface area contributed by atoms with E-state index in [0.717, 1.165) is 5.39 Å². The molecule has 0 atom stereocenters. The molecule has 8 heteroatoms. The Morgan fingerprint density at radius 3 is 2.79 bits per heavy atom. The van der Waals surface area contributed by atoms with Crippen LogP contribution in [0.5, 0.6) is 5.75 Å². The van der Waals surface area contributed by atoms with Crippen LogP contribution in [0.4, 0.5) is 4.39 Å². The molecular formula is C21H17FN2O3S2. The molecule has 148 valence electrons. The van der Waals surface area contributed by atoms with Gasteiger partial charge in [-0.1, -0.05) is 17.8 Å². The molecule has 0 N–H and O–H groups in total. The van der Waals surface area contributed by atoms with Crippen molar-refractivity contribution in [2.45, 2.75) is 20.0 Å². The average Bonchev–Trinajstić information content (AvgIpc) is 3.26. The molecule has 0 spiro atoms. The molecule has 1 aliphatic heterocycles. The van der Waals surface area contributed by atoms with E-state index in [4.69, 9.17) is 9.15 Å². The third kappa shape index (κ3) is 4.09. The number of halogens is 1. The second-order valence-electron chi connectivity index (χ2n) is 6.56. The maximum Gasteiger partial charge on any atom is 0.285 e. The van der Waals surface area contributed by atoms with Crippen LogP contribution < -0.4 is 4.74 Å². The number of rotatable bonds is 4. The number of pyridine rings is 1. The number of amides is 1. The second-order valence-corrected chi connectivity index (χ2v) is 8.65. The number of ether oxygens (including phenoxy) is 1. The minimum absolute atomic E-state index is 0.118. The Kier molecular flexibility index (Phi) is 5.47. The molecular weight excluding hydrogens is 411 g/mol. The number of thioether (sulfide) groups is 2. The first kappa shape index (κ1) is 19.7. The van der Waals surface area contributed by atoms with Crippen molar-refractivity contribution in [1.82, 2.24) is 4.98 Å². The predicted octanol–water partition coefficient (Wildman–Crippen LogP) is 5.75. The number of hydrogen-bond acceptors (Lipinski definition) is 6. The summed E-state index contributed by atoms with van der Waals surface area (Å²) >= 11 is 2.74. The van der Waals surface area contributed by atoms with Gasteiger partial charge in [0.1, 0.15) is 15.7 Å². The van der Waals surface area contributed by atoms with Gasteiger partial charge in [-0.2, -0.15) is 4.99 Å². The zero-order valence-electron chi connectivity index (χ0n) is 15.9. The van der Waals surface area contributed by atoms with Gasteiger partial charge in [0, 0.05) is 29.4 Å². The molecule has 2 aromatic heterocycles. The molecule has 0 saturated carbocycles. The van der Waals surface area contributed by atoms with Crippen molar-refractivity contribution in [1.29, 1.82) is 0 Å². The largest absolute Gasteiger partial charge is 0.488 e. The van der Waals surface area contributed by atoms with Crippen LogP contribution in [0.1, 0.15) is 19.6 Å².